The van der Waals surface area contributed by atoms with Gasteiger partial charge in [-0.1, -0.05) is 57.6 Å². The lowest BCUT2D eigenvalue weighted by molar-refractivity contribution is 0.0692. The average Bonchev–Trinajstić information content (AvgIpc) is 2.43. The zero-order chi connectivity index (χ0) is 14.8. The average molecular weight is 278 g/mol. The van der Waals surface area contributed by atoms with E-state index in [2.05, 4.69) is 6.92 Å². The lowest BCUT2D eigenvalue weighted by Crippen LogP contribution is -2.06. The molecular formula is C17H26O3. The van der Waals surface area contributed by atoms with E-state index >= 15 is 0 Å². The van der Waals surface area contributed by atoms with Gasteiger partial charge in [0.05, 0.1) is 6.61 Å². The summed E-state index contributed by atoms with van der Waals surface area (Å²) in [5.74, 6) is -0.408. The van der Waals surface area contributed by atoms with E-state index in [0.717, 1.165) is 18.4 Å². The number of carboxylic acids is 1. The highest BCUT2D eigenvalue weighted by Gasteiger charge is 2.12. The summed E-state index contributed by atoms with van der Waals surface area (Å²) in [5, 5.41) is 9.13. The molecule has 0 spiro atoms. The fraction of sp³-hybridized carbons (Fsp3) is 0.588. The Bertz CT molecular complexity index is 413. The molecule has 112 valence electrons. The monoisotopic (exact) mass is 278 g/mol. The number of aromatic carboxylic acids is 1. The fourth-order valence-electron chi connectivity index (χ4n) is 2.25. The van der Waals surface area contributed by atoms with Gasteiger partial charge in [0.25, 0.3) is 0 Å². The summed E-state index contributed by atoms with van der Waals surface area (Å²) in [5.41, 5.74) is 1.14. The molecule has 0 unspecified atom stereocenters. The first-order valence-electron chi connectivity index (χ1n) is 7.62. The quantitative estimate of drug-likeness (QED) is 0.624. The normalized spacial score (nSPS) is 10.5. The van der Waals surface area contributed by atoms with Crippen LogP contribution in [0.1, 0.15) is 67.8 Å². The van der Waals surface area contributed by atoms with Gasteiger partial charge < -0.3 is 9.84 Å². The number of carboxylic acid groups (broad SMARTS) is 1. The summed E-state index contributed by atoms with van der Waals surface area (Å²) in [4.78, 5) is 11.1. The molecule has 1 N–H and O–H groups in total. The van der Waals surface area contributed by atoms with Crippen LogP contribution in [0, 0.1) is 6.92 Å². The number of rotatable bonds is 10. The Morgan fingerprint density at radius 3 is 2.40 bits per heavy atom. The van der Waals surface area contributed by atoms with Crippen LogP contribution in [0.3, 0.4) is 0 Å². The third-order valence-electron chi connectivity index (χ3n) is 3.44. The van der Waals surface area contributed by atoms with E-state index in [1.807, 2.05) is 13.0 Å². The van der Waals surface area contributed by atoms with Gasteiger partial charge >= 0.3 is 5.97 Å². The maximum atomic E-state index is 11.1. The van der Waals surface area contributed by atoms with E-state index in [0.29, 0.717) is 12.4 Å². The van der Waals surface area contributed by atoms with Gasteiger partial charge in [-0.25, -0.2) is 4.79 Å². The molecule has 0 fully saturated rings. The maximum Gasteiger partial charge on any atom is 0.339 e. The van der Waals surface area contributed by atoms with Gasteiger partial charge in [-0.2, -0.15) is 0 Å². The van der Waals surface area contributed by atoms with Crippen molar-refractivity contribution in [2.24, 2.45) is 0 Å². The maximum absolute atomic E-state index is 11.1. The van der Waals surface area contributed by atoms with Crippen LogP contribution in [-0.2, 0) is 0 Å². The molecule has 0 aliphatic rings. The minimum Gasteiger partial charge on any atom is -0.492 e. The minimum absolute atomic E-state index is 0.257. The largest absolute Gasteiger partial charge is 0.492 e. The van der Waals surface area contributed by atoms with Crippen LogP contribution in [0.2, 0.25) is 0 Å². The van der Waals surface area contributed by atoms with Crippen LogP contribution in [0.15, 0.2) is 18.2 Å². The molecule has 20 heavy (non-hydrogen) atoms. The van der Waals surface area contributed by atoms with Crippen LogP contribution in [0.5, 0.6) is 5.75 Å². The molecule has 0 bridgehead atoms. The summed E-state index contributed by atoms with van der Waals surface area (Å²) >= 11 is 0. The van der Waals surface area contributed by atoms with E-state index in [4.69, 9.17) is 9.84 Å². The zero-order valence-corrected chi connectivity index (χ0v) is 12.7. The Hall–Kier alpha value is -1.51. The summed E-state index contributed by atoms with van der Waals surface area (Å²) in [6.07, 6.45) is 8.58. The first-order chi connectivity index (χ1) is 9.66. The van der Waals surface area contributed by atoms with Crippen molar-refractivity contribution in [3.8, 4) is 5.75 Å². The highest BCUT2D eigenvalue weighted by molar-refractivity contribution is 5.91. The number of hydrogen-bond donors (Lipinski definition) is 1. The Balaban J connectivity index is 2.30. The van der Waals surface area contributed by atoms with Crippen LogP contribution in [0.25, 0.3) is 0 Å². The summed E-state index contributed by atoms with van der Waals surface area (Å²) in [6.45, 7) is 4.70. The first-order valence-corrected chi connectivity index (χ1v) is 7.62. The molecule has 3 nitrogen and oxygen atoms in total. The highest BCUT2D eigenvalue weighted by Crippen LogP contribution is 2.23. The number of benzene rings is 1. The standard InChI is InChI=1S/C17H26O3/c1-3-4-5-6-7-8-9-13-20-16-14(2)11-10-12-15(16)17(18)19/h10-12H,3-9,13H2,1-2H3,(H,18,19). The molecule has 0 aliphatic heterocycles. The Morgan fingerprint density at radius 2 is 1.75 bits per heavy atom. The van der Waals surface area contributed by atoms with Crippen molar-refractivity contribution in [2.45, 2.75) is 58.8 Å². The SMILES string of the molecule is CCCCCCCCCOc1c(C)cccc1C(=O)O. The predicted molar refractivity (Wildman–Crippen MR) is 81.6 cm³/mol. The lowest BCUT2D eigenvalue weighted by Gasteiger charge is -2.11. The molecule has 0 amide bonds. The molecule has 0 saturated carbocycles. The van der Waals surface area contributed by atoms with Gasteiger partial charge in [0.1, 0.15) is 11.3 Å². The van der Waals surface area contributed by atoms with Crippen molar-refractivity contribution in [1.29, 1.82) is 0 Å². The summed E-state index contributed by atoms with van der Waals surface area (Å²) in [6, 6.07) is 5.22. The number of hydrogen-bond acceptors (Lipinski definition) is 2. The van der Waals surface area contributed by atoms with Crippen molar-refractivity contribution in [3.63, 3.8) is 0 Å². The molecular weight excluding hydrogens is 252 g/mol. The van der Waals surface area contributed by atoms with Crippen molar-refractivity contribution in [2.75, 3.05) is 6.61 Å². The molecule has 1 aromatic carbocycles. The molecule has 3 heteroatoms. The zero-order valence-electron chi connectivity index (χ0n) is 12.7. The van der Waals surface area contributed by atoms with Gasteiger partial charge in [-0.15, -0.1) is 0 Å². The Kier molecular flexibility index (Phi) is 7.78. The molecule has 1 aromatic rings. The van der Waals surface area contributed by atoms with Gasteiger partial charge in [-0.3, -0.25) is 0 Å². The second-order valence-corrected chi connectivity index (χ2v) is 5.23. The highest BCUT2D eigenvalue weighted by atomic mass is 16.5. The van der Waals surface area contributed by atoms with E-state index < -0.39 is 5.97 Å². The fourth-order valence-corrected chi connectivity index (χ4v) is 2.25. The first kappa shape index (κ1) is 16.5. The van der Waals surface area contributed by atoms with Crippen molar-refractivity contribution < 1.29 is 14.6 Å². The third kappa shape index (κ3) is 5.64. The van der Waals surface area contributed by atoms with E-state index in [1.165, 1.54) is 32.1 Å². The molecule has 0 heterocycles. The van der Waals surface area contributed by atoms with E-state index in [-0.39, 0.29) is 5.56 Å². The van der Waals surface area contributed by atoms with E-state index in [1.54, 1.807) is 12.1 Å². The predicted octanol–water partition coefficient (Wildman–Crippen LogP) is 4.82. The molecule has 0 aromatic heterocycles. The van der Waals surface area contributed by atoms with Gasteiger partial charge in [-0.05, 0) is 25.0 Å². The second-order valence-electron chi connectivity index (χ2n) is 5.23. The summed E-state index contributed by atoms with van der Waals surface area (Å²) < 4.78 is 5.68. The van der Waals surface area contributed by atoms with Crippen LogP contribution >= 0.6 is 0 Å². The third-order valence-corrected chi connectivity index (χ3v) is 3.44. The topological polar surface area (TPSA) is 46.5 Å². The van der Waals surface area contributed by atoms with Gasteiger partial charge in [0.2, 0.25) is 0 Å². The van der Waals surface area contributed by atoms with Crippen LogP contribution in [-0.4, -0.2) is 17.7 Å². The number of aryl methyl sites for hydroxylation is 1. The molecule has 1 rings (SSSR count). The van der Waals surface area contributed by atoms with Gasteiger partial charge in [0.15, 0.2) is 0 Å². The van der Waals surface area contributed by atoms with E-state index in [9.17, 15) is 4.79 Å². The number of ether oxygens (including phenoxy) is 1. The molecule has 0 atom stereocenters. The minimum atomic E-state index is -0.928. The van der Waals surface area contributed by atoms with Crippen molar-refractivity contribution >= 4 is 5.97 Å². The lowest BCUT2D eigenvalue weighted by atomic mass is 10.1. The van der Waals surface area contributed by atoms with Crippen LogP contribution in [0.4, 0.5) is 0 Å². The Labute approximate surface area is 122 Å². The number of carbonyl (C=O) groups is 1. The molecule has 0 saturated heterocycles. The van der Waals surface area contributed by atoms with Crippen molar-refractivity contribution in [3.05, 3.63) is 29.3 Å². The second kappa shape index (κ2) is 9.40. The smallest absolute Gasteiger partial charge is 0.339 e. The molecule has 0 radical (unpaired) electrons. The number of unbranched alkanes of at least 4 members (excludes halogenated alkanes) is 6. The van der Waals surface area contributed by atoms with Gasteiger partial charge in [0, 0.05) is 0 Å². The van der Waals surface area contributed by atoms with Crippen LogP contribution < -0.4 is 4.74 Å². The Morgan fingerprint density at radius 1 is 1.10 bits per heavy atom. The molecule has 0 aliphatic carbocycles. The van der Waals surface area contributed by atoms with Crippen molar-refractivity contribution in [1.82, 2.24) is 0 Å². The number of para-hydroxylation sites is 1. The summed E-state index contributed by atoms with van der Waals surface area (Å²) in [7, 11) is 0.